The molecule has 1 aliphatic rings. The lowest BCUT2D eigenvalue weighted by molar-refractivity contribution is -0.0355. The molecular formula is C14H19BrN6O3. The number of alkyl halides is 1. The first-order valence-corrected chi connectivity index (χ1v) is 8.49. The van der Waals surface area contributed by atoms with Gasteiger partial charge >= 0.3 is 0 Å². The summed E-state index contributed by atoms with van der Waals surface area (Å²) in [5, 5.41) is 10.4. The number of aromatic nitrogens is 4. The molecule has 2 N–H and O–H groups in total. The van der Waals surface area contributed by atoms with Gasteiger partial charge in [0.1, 0.15) is 6.10 Å². The lowest BCUT2D eigenvalue weighted by Gasteiger charge is -2.16. The highest BCUT2D eigenvalue weighted by Crippen LogP contribution is 2.36. The van der Waals surface area contributed by atoms with Crippen LogP contribution in [0.15, 0.2) is 16.1 Å². The molecule has 0 spiro atoms. The molecule has 0 aromatic carbocycles. The van der Waals surface area contributed by atoms with Gasteiger partial charge in [-0.2, -0.15) is 4.98 Å². The Bertz CT molecular complexity index is 816. The van der Waals surface area contributed by atoms with Crippen molar-refractivity contribution in [1.29, 1.82) is 0 Å². The van der Waals surface area contributed by atoms with Crippen molar-refractivity contribution >= 4 is 39.4 Å². The molecule has 1 saturated heterocycles. The van der Waals surface area contributed by atoms with Crippen LogP contribution >= 0.6 is 15.9 Å². The average molecular weight is 399 g/mol. The van der Waals surface area contributed by atoms with Gasteiger partial charge in [-0.15, -0.1) is 0 Å². The van der Waals surface area contributed by atoms with Crippen molar-refractivity contribution in [2.24, 2.45) is 4.99 Å². The van der Waals surface area contributed by atoms with Crippen molar-refractivity contribution in [2.45, 2.75) is 36.6 Å². The number of nitrogens with one attached hydrogen (secondary N) is 1. The first kappa shape index (κ1) is 17.1. The van der Waals surface area contributed by atoms with Crippen LogP contribution in [0.4, 0.5) is 5.95 Å². The van der Waals surface area contributed by atoms with Gasteiger partial charge in [0, 0.05) is 14.1 Å². The van der Waals surface area contributed by atoms with E-state index in [9.17, 15) is 9.90 Å². The molecule has 2 aromatic heterocycles. The number of imidazole rings is 1. The smallest absolute Gasteiger partial charge is 0.280 e. The van der Waals surface area contributed by atoms with E-state index < -0.39 is 12.3 Å². The first-order valence-electron chi connectivity index (χ1n) is 7.57. The van der Waals surface area contributed by atoms with Crippen LogP contribution in [0.2, 0.25) is 0 Å². The van der Waals surface area contributed by atoms with Crippen molar-refractivity contribution in [3.8, 4) is 0 Å². The molecule has 4 atom stereocenters. The second kappa shape index (κ2) is 6.61. The number of nitrogens with zero attached hydrogens (tertiary/aromatic N) is 5. The standard InChI is InChI=1S/C14H19BrN6O3/c1-4-7-8(15)10(22)13(24-7)21-6-16-9-11(21)18-14(19-12(9)23)17-5-20(2)3/h5-8,10,13,22H,4H2,1-3H3,(H,18,19,23)/t7-,8+,10?,13-/m1/s1. The molecule has 2 aromatic rings. The molecule has 1 aliphatic heterocycles. The van der Waals surface area contributed by atoms with E-state index in [0.29, 0.717) is 5.65 Å². The minimum Gasteiger partial charge on any atom is -0.387 e. The van der Waals surface area contributed by atoms with Gasteiger partial charge < -0.3 is 14.7 Å². The summed E-state index contributed by atoms with van der Waals surface area (Å²) >= 11 is 3.46. The van der Waals surface area contributed by atoms with E-state index in [1.807, 2.05) is 21.0 Å². The second-order valence-electron chi connectivity index (χ2n) is 5.83. The van der Waals surface area contributed by atoms with Gasteiger partial charge in [-0.05, 0) is 6.42 Å². The monoisotopic (exact) mass is 398 g/mol. The number of hydrogen-bond acceptors (Lipinski definition) is 6. The summed E-state index contributed by atoms with van der Waals surface area (Å²) in [4.78, 5) is 28.8. The summed E-state index contributed by atoms with van der Waals surface area (Å²) < 4.78 is 7.47. The summed E-state index contributed by atoms with van der Waals surface area (Å²) in [5.74, 6) is 0.165. The Kier molecular flexibility index (Phi) is 4.70. The zero-order valence-electron chi connectivity index (χ0n) is 13.5. The first-order chi connectivity index (χ1) is 11.4. The van der Waals surface area contributed by atoms with Crippen molar-refractivity contribution in [3.63, 3.8) is 0 Å². The molecule has 24 heavy (non-hydrogen) atoms. The summed E-state index contributed by atoms with van der Waals surface area (Å²) in [7, 11) is 3.63. The number of aliphatic hydroxyl groups excluding tert-OH is 1. The quantitative estimate of drug-likeness (QED) is 0.447. The molecule has 0 aliphatic carbocycles. The minimum absolute atomic E-state index is 0.129. The number of aromatic amines is 1. The largest absolute Gasteiger partial charge is 0.387 e. The molecule has 0 bridgehead atoms. The van der Waals surface area contributed by atoms with Crippen LogP contribution < -0.4 is 5.56 Å². The fourth-order valence-electron chi connectivity index (χ4n) is 2.60. The Morgan fingerprint density at radius 3 is 2.96 bits per heavy atom. The number of fused-ring (bicyclic) bond motifs is 1. The van der Waals surface area contributed by atoms with Gasteiger partial charge in [-0.25, -0.2) is 9.98 Å². The van der Waals surface area contributed by atoms with Gasteiger partial charge in [0.15, 0.2) is 17.4 Å². The normalized spacial score (nSPS) is 27.4. The maximum Gasteiger partial charge on any atom is 0.280 e. The van der Waals surface area contributed by atoms with Crippen LogP contribution in [0.5, 0.6) is 0 Å². The lowest BCUT2D eigenvalue weighted by Crippen LogP contribution is -2.26. The molecule has 9 nitrogen and oxygen atoms in total. The summed E-state index contributed by atoms with van der Waals surface area (Å²) in [6.45, 7) is 1.98. The molecule has 3 heterocycles. The summed E-state index contributed by atoms with van der Waals surface area (Å²) in [6, 6.07) is 0. The number of aliphatic imine (C=N–C) groups is 1. The van der Waals surface area contributed by atoms with Crippen LogP contribution in [0.3, 0.4) is 0 Å². The summed E-state index contributed by atoms with van der Waals surface area (Å²) in [6.07, 6.45) is 2.18. The Morgan fingerprint density at radius 2 is 2.33 bits per heavy atom. The van der Waals surface area contributed by atoms with Gasteiger partial charge in [0.2, 0.25) is 5.95 Å². The molecule has 130 valence electrons. The minimum atomic E-state index is -0.776. The molecule has 0 amide bonds. The number of ether oxygens (including phenoxy) is 1. The molecule has 3 rings (SSSR count). The second-order valence-corrected chi connectivity index (χ2v) is 6.89. The number of halogens is 1. The van der Waals surface area contributed by atoms with Crippen molar-refractivity contribution < 1.29 is 9.84 Å². The highest BCUT2D eigenvalue weighted by molar-refractivity contribution is 9.09. The third-order valence-electron chi connectivity index (χ3n) is 3.80. The number of hydrogen-bond donors (Lipinski definition) is 2. The number of aliphatic hydroxyl groups is 1. The fourth-order valence-corrected chi connectivity index (χ4v) is 3.35. The van der Waals surface area contributed by atoms with E-state index >= 15 is 0 Å². The number of H-pyrrole nitrogens is 1. The number of rotatable bonds is 4. The van der Waals surface area contributed by atoms with Crippen molar-refractivity contribution in [2.75, 3.05) is 14.1 Å². The van der Waals surface area contributed by atoms with Crippen LogP contribution in [-0.2, 0) is 4.74 Å². The predicted molar refractivity (Wildman–Crippen MR) is 92.9 cm³/mol. The Balaban J connectivity index is 2.05. The van der Waals surface area contributed by atoms with Gasteiger partial charge in [0.25, 0.3) is 5.56 Å². The molecule has 1 fully saturated rings. The van der Waals surface area contributed by atoms with Gasteiger partial charge in [-0.1, -0.05) is 22.9 Å². The predicted octanol–water partition coefficient (Wildman–Crippen LogP) is 0.773. The van der Waals surface area contributed by atoms with E-state index in [1.54, 1.807) is 9.47 Å². The Morgan fingerprint density at radius 1 is 1.58 bits per heavy atom. The van der Waals surface area contributed by atoms with Crippen LogP contribution in [0, 0.1) is 0 Å². The molecule has 1 unspecified atom stereocenters. The van der Waals surface area contributed by atoms with Gasteiger partial charge in [0.05, 0.1) is 23.6 Å². The highest BCUT2D eigenvalue weighted by Gasteiger charge is 2.42. The third kappa shape index (κ3) is 2.96. The van der Waals surface area contributed by atoms with Crippen LogP contribution in [0.1, 0.15) is 19.6 Å². The zero-order valence-corrected chi connectivity index (χ0v) is 15.1. The maximum atomic E-state index is 12.2. The van der Waals surface area contributed by atoms with E-state index in [-0.39, 0.29) is 28.0 Å². The van der Waals surface area contributed by atoms with Crippen LogP contribution in [-0.4, -0.2) is 67.0 Å². The molecule has 0 radical (unpaired) electrons. The third-order valence-corrected chi connectivity index (χ3v) is 4.93. The fraction of sp³-hybridized carbons (Fsp3) is 0.571. The van der Waals surface area contributed by atoms with E-state index in [0.717, 1.165) is 6.42 Å². The zero-order chi connectivity index (χ0) is 17.4. The van der Waals surface area contributed by atoms with E-state index in [1.165, 1.54) is 12.7 Å². The molecule has 10 heteroatoms. The maximum absolute atomic E-state index is 12.2. The molecule has 0 saturated carbocycles. The summed E-state index contributed by atoms with van der Waals surface area (Å²) in [5.41, 5.74) is 0.116. The lowest BCUT2D eigenvalue weighted by atomic mass is 10.1. The Hall–Kier alpha value is -1.78. The average Bonchev–Trinajstić information content (AvgIpc) is 3.08. The van der Waals surface area contributed by atoms with E-state index in [2.05, 4.69) is 35.9 Å². The topological polar surface area (TPSA) is 109 Å². The van der Waals surface area contributed by atoms with E-state index in [4.69, 9.17) is 4.74 Å². The highest BCUT2D eigenvalue weighted by atomic mass is 79.9. The Labute approximate surface area is 146 Å². The van der Waals surface area contributed by atoms with Crippen molar-refractivity contribution in [1.82, 2.24) is 24.4 Å². The SMILES string of the molecule is CC[C@H]1O[C@@H](n2cnc3c(=O)[nH]c(N=CN(C)C)nc32)C(O)[C@H]1Br. The van der Waals surface area contributed by atoms with Crippen molar-refractivity contribution in [3.05, 3.63) is 16.7 Å². The molecular weight excluding hydrogens is 380 g/mol. The van der Waals surface area contributed by atoms with Gasteiger partial charge in [-0.3, -0.25) is 14.3 Å². The van der Waals surface area contributed by atoms with Crippen LogP contribution in [0.25, 0.3) is 11.2 Å².